The topological polar surface area (TPSA) is 52.6 Å². The summed E-state index contributed by atoms with van der Waals surface area (Å²) < 4.78 is 28.1. The number of terminal acetylenes is 1. The van der Waals surface area contributed by atoms with E-state index in [9.17, 15) is 0 Å². The Hall–Kier alpha value is -2.82. The van der Waals surface area contributed by atoms with Crippen LogP contribution in [0.25, 0.3) is 0 Å². The third-order valence-corrected chi connectivity index (χ3v) is 5.77. The van der Waals surface area contributed by atoms with E-state index in [4.69, 9.17) is 30.1 Å². The van der Waals surface area contributed by atoms with Crippen molar-refractivity contribution in [3.05, 3.63) is 41.3 Å². The lowest BCUT2D eigenvalue weighted by molar-refractivity contribution is 0.0551. The highest BCUT2D eigenvalue weighted by Crippen LogP contribution is 2.36. The molecule has 0 aliphatic carbocycles. The standard InChI is InChI=1S/C25H34N2O5/c1-5-6-20(26-9-13-31-14-10-26)17-22(28-2)7-8-23-24(29-3)18-21(19-25(23)30-4)27-11-15-32-16-12-27/h1,6,17-19H,7-16H2,2-4H3/b20-6+,22-17+. The fraction of sp³-hybridized carbons (Fsp3) is 0.520. The van der Waals surface area contributed by atoms with Gasteiger partial charge in [-0.3, -0.25) is 0 Å². The molecule has 7 heteroatoms. The maximum Gasteiger partial charge on any atom is 0.127 e. The van der Waals surface area contributed by atoms with Gasteiger partial charge in [-0.1, -0.05) is 5.92 Å². The molecule has 32 heavy (non-hydrogen) atoms. The molecule has 0 saturated carbocycles. The molecule has 0 unspecified atom stereocenters. The van der Waals surface area contributed by atoms with E-state index >= 15 is 0 Å². The summed E-state index contributed by atoms with van der Waals surface area (Å²) in [5, 5.41) is 0. The molecule has 3 rings (SSSR count). The van der Waals surface area contributed by atoms with Gasteiger partial charge in [-0.25, -0.2) is 0 Å². The molecule has 174 valence electrons. The zero-order valence-electron chi connectivity index (χ0n) is 19.4. The molecule has 0 amide bonds. The third kappa shape index (κ3) is 6.12. The average Bonchev–Trinajstić information content (AvgIpc) is 2.86. The quantitative estimate of drug-likeness (QED) is 0.331. The zero-order valence-corrected chi connectivity index (χ0v) is 19.4. The number of nitrogens with zero attached hydrogens (tertiary/aromatic N) is 2. The number of hydrogen-bond acceptors (Lipinski definition) is 7. The van der Waals surface area contributed by atoms with Crippen LogP contribution in [0.2, 0.25) is 0 Å². The summed E-state index contributed by atoms with van der Waals surface area (Å²) in [5.74, 6) is 5.12. The first-order valence-electron chi connectivity index (χ1n) is 11.0. The van der Waals surface area contributed by atoms with E-state index in [-0.39, 0.29) is 0 Å². The van der Waals surface area contributed by atoms with Gasteiger partial charge in [0.25, 0.3) is 0 Å². The molecule has 0 radical (unpaired) electrons. The van der Waals surface area contributed by atoms with Crippen LogP contribution in [0.3, 0.4) is 0 Å². The van der Waals surface area contributed by atoms with Crippen molar-refractivity contribution in [1.82, 2.24) is 4.90 Å². The summed E-state index contributed by atoms with van der Waals surface area (Å²) in [6.45, 7) is 6.18. The van der Waals surface area contributed by atoms with Crippen molar-refractivity contribution in [2.24, 2.45) is 0 Å². The van der Waals surface area contributed by atoms with Gasteiger partial charge in [0.15, 0.2) is 0 Å². The third-order valence-electron chi connectivity index (χ3n) is 5.77. The first kappa shape index (κ1) is 23.8. The van der Waals surface area contributed by atoms with Gasteiger partial charge >= 0.3 is 0 Å². The maximum absolute atomic E-state index is 5.74. The number of allylic oxidation sites excluding steroid dienone is 3. The maximum atomic E-state index is 5.74. The van der Waals surface area contributed by atoms with Crippen molar-refractivity contribution in [1.29, 1.82) is 0 Å². The van der Waals surface area contributed by atoms with Crippen LogP contribution in [-0.4, -0.2) is 78.8 Å². The van der Waals surface area contributed by atoms with E-state index in [0.717, 1.165) is 73.6 Å². The van der Waals surface area contributed by atoms with Crippen LogP contribution in [0, 0.1) is 12.3 Å². The van der Waals surface area contributed by atoms with Crippen LogP contribution in [0.5, 0.6) is 11.5 Å². The van der Waals surface area contributed by atoms with Crippen molar-refractivity contribution < 1.29 is 23.7 Å². The van der Waals surface area contributed by atoms with Crippen LogP contribution in [0.4, 0.5) is 5.69 Å². The second kappa shape index (κ2) is 12.3. The second-order valence-corrected chi connectivity index (χ2v) is 7.58. The molecule has 0 N–H and O–H groups in total. The smallest absolute Gasteiger partial charge is 0.127 e. The number of methoxy groups -OCH3 is 3. The SMILES string of the molecule is C#C/C=C(\C=C(/CCc1c(OC)cc(N2CCOCC2)cc1OC)OC)N1CCOCC1. The molecule has 0 atom stereocenters. The Kier molecular flexibility index (Phi) is 9.14. The lowest BCUT2D eigenvalue weighted by Gasteiger charge is -2.30. The molecule has 2 aliphatic rings. The van der Waals surface area contributed by atoms with Crippen molar-refractivity contribution in [2.75, 3.05) is 78.8 Å². The Morgan fingerprint density at radius 2 is 1.59 bits per heavy atom. The molecule has 2 heterocycles. The molecule has 0 bridgehead atoms. The van der Waals surface area contributed by atoms with Gasteiger partial charge in [-0.05, 0) is 12.5 Å². The fourth-order valence-corrected chi connectivity index (χ4v) is 4.00. The number of ether oxygens (including phenoxy) is 5. The van der Waals surface area contributed by atoms with E-state index in [1.807, 2.05) is 6.08 Å². The first-order chi connectivity index (χ1) is 15.7. The molecule has 1 aromatic carbocycles. The van der Waals surface area contributed by atoms with Crippen LogP contribution in [0.15, 0.2) is 35.7 Å². The minimum atomic E-state index is 0.687. The Balaban J connectivity index is 1.79. The highest BCUT2D eigenvalue weighted by Gasteiger charge is 2.19. The van der Waals surface area contributed by atoms with E-state index in [1.165, 1.54) is 0 Å². The molecule has 7 nitrogen and oxygen atoms in total. The number of anilines is 1. The van der Waals surface area contributed by atoms with Crippen molar-refractivity contribution in [3.63, 3.8) is 0 Å². The molecule has 2 aliphatic heterocycles. The average molecular weight is 443 g/mol. The van der Waals surface area contributed by atoms with E-state index < -0.39 is 0 Å². The van der Waals surface area contributed by atoms with Gasteiger partial charge in [0.2, 0.25) is 0 Å². The molecule has 0 aromatic heterocycles. The molecule has 2 fully saturated rings. The van der Waals surface area contributed by atoms with Gasteiger partial charge in [0, 0.05) is 67.8 Å². The van der Waals surface area contributed by atoms with Crippen LogP contribution < -0.4 is 14.4 Å². The Labute approximate surface area is 191 Å². The zero-order chi connectivity index (χ0) is 22.8. The summed E-state index contributed by atoms with van der Waals surface area (Å²) in [4.78, 5) is 4.51. The number of rotatable bonds is 9. The Morgan fingerprint density at radius 3 is 2.12 bits per heavy atom. The molecule has 1 aromatic rings. The van der Waals surface area contributed by atoms with Gasteiger partial charge in [-0.15, -0.1) is 6.42 Å². The highest BCUT2D eigenvalue weighted by atomic mass is 16.5. The predicted molar refractivity (Wildman–Crippen MR) is 125 cm³/mol. The van der Waals surface area contributed by atoms with E-state index in [1.54, 1.807) is 27.4 Å². The Morgan fingerprint density at radius 1 is 1.00 bits per heavy atom. The molecular weight excluding hydrogens is 408 g/mol. The van der Waals surface area contributed by atoms with Crippen molar-refractivity contribution in [2.45, 2.75) is 12.8 Å². The van der Waals surface area contributed by atoms with Gasteiger partial charge in [-0.2, -0.15) is 0 Å². The summed E-state index contributed by atoms with van der Waals surface area (Å²) in [6.07, 6.45) is 10.8. The van der Waals surface area contributed by atoms with Crippen LogP contribution in [0.1, 0.15) is 12.0 Å². The van der Waals surface area contributed by atoms with Gasteiger partial charge in [0.05, 0.1) is 53.5 Å². The van der Waals surface area contributed by atoms with Crippen molar-refractivity contribution in [3.8, 4) is 23.8 Å². The lowest BCUT2D eigenvalue weighted by Crippen LogP contribution is -2.36. The normalized spacial score (nSPS) is 17.7. The monoisotopic (exact) mass is 442 g/mol. The van der Waals surface area contributed by atoms with Crippen LogP contribution >= 0.6 is 0 Å². The minimum absolute atomic E-state index is 0.687. The molecule has 2 saturated heterocycles. The molecule has 0 spiro atoms. The highest BCUT2D eigenvalue weighted by molar-refractivity contribution is 5.60. The van der Waals surface area contributed by atoms with Crippen LogP contribution in [-0.2, 0) is 20.6 Å². The summed E-state index contributed by atoms with van der Waals surface area (Å²) in [7, 11) is 5.08. The second-order valence-electron chi connectivity index (χ2n) is 7.58. The fourth-order valence-electron chi connectivity index (χ4n) is 4.00. The van der Waals surface area contributed by atoms with Crippen molar-refractivity contribution >= 4 is 5.69 Å². The van der Waals surface area contributed by atoms with Gasteiger partial charge in [0.1, 0.15) is 11.5 Å². The lowest BCUT2D eigenvalue weighted by atomic mass is 10.0. The summed E-state index contributed by atoms with van der Waals surface area (Å²) in [6, 6.07) is 4.16. The molecular formula is C25H34N2O5. The van der Waals surface area contributed by atoms with E-state index in [2.05, 4.69) is 27.9 Å². The largest absolute Gasteiger partial charge is 0.501 e. The first-order valence-corrected chi connectivity index (χ1v) is 11.0. The minimum Gasteiger partial charge on any atom is -0.501 e. The summed E-state index contributed by atoms with van der Waals surface area (Å²) in [5.41, 5.74) is 3.07. The number of benzene rings is 1. The van der Waals surface area contributed by atoms with E-state index in [0.29, 0.717) is 26.1 Å². The predicted octanol–water partition coefficient (Wildman–Crippen LogP) is 2.85. The number of hydrogen-bond donors (Lipinski definition) is 0. The van der Waals surface area contributed by atoms with Gasteiger partial charge < -0.3 is 33.5 Å². The number of morpholine rings is 2. The summed E-state index contributed by atoms with van der Waals surface area (Å²) >= 11 is 0. The Bertz CT molecular complexity index is 821.